The molecule has 50 valence electrons. The molecule has 0 spiro atoms. The summed E-state index contributed by atoms with van der Waals surface area (Å²) < 4.78 is 0. The Morgan fingerprint density at radius 2 is 1.89 bits per heavy atom. The molecule has 0 saturated carbocycles. The summed E-state index contributed by atoms with van der Waals surface area (Å²) in [6, 6.07) is 0. The van der Waals surface area contributed by atoms with Crippen molar-refractivity contribution in [2.45, 2.75) is 6.42 Å². The van der Waals surface area contributed by atoms with Gasteiger partial charge in [0.25, 0.3) is 0 Å². The van der Waals surface area contributed by atoms with Crippen LogP contribution in [0.2, 0.25) is 0 Å². The van der Waals surface area contributed by atoms with Crippen LogP contribution >= 0.6 is 0 Å². The first-order valence-corrected chi connectivity index (χ1v) is 2.80. The van der Waals surface area contributed by atoms with Gasteiger partial charge in [-0.25, -0.2) is 0 Å². The van der Waals surface area contributed by atoms with Crippen molar-refractivity contribution in [2.75, 3.05) is 13.1 Å². The molecule has 0 radical (unpaired) electrons. The van der Waals surface area contributed by atoms with Crippen molar-refractivity contribution >= 4 is 11.8 Å². The van der Waals surface area contributed by atoms with Crippen LogP contribution in [0.25, 0.3) is 0 Å². The van der Waals surface area contributed by atoms with Gasteiger partial charge in [0, 0.05) is 13.1 Å². The molecule has 0 bridgehead atoms. The molecule has 0 atom stereocenters. The minimum absolute atomic E-state index is 0.554. The van der Waals surface area contributed by atoms with Crippen LogP contribution in [0.1, 0.15) is 6.42 Å². The molecule has 2 amide bonds. The molecule has 4 nitrogen and oxygen atoms in total. The number of hydrogen-bond donors (Lipinski definition) is 1. The van der Waals surface area contributed by atoms with Crippen molar-refractivity contribution in [1.82, 2.24) is 4.90 Å². The van der Waals surface area contributed by atoms with Gasteiger partial charge in [-0.05, 0) is 6.42 Å². The molecule has 0 aliphatic carbocycles. The normalized spacial score (nSPS) is 16.7. The van der Waals surface area contributed by atoms with Crippen LogP contribution in [0.4, 0.5) is 0 Å². The fourth-order valence-corrected chi connectivity index (χ4v) is 0.675. The van der Waals surface area contributed by atoms with Gasteiger partial charge in [-0.15, -0.1) is 0 Å². The van der Waals surface area contributed by atoms with Gasteiger partial charge in [-0.1, -0.05) is 0 Å². The minimum atomic E-state index is -0.852. The lowest BCUT2D eigenvalue weighted by Gasteiger charge is -2.29. The number of nitrogens with zero attached hydrogens (tertiary/aromatic N) is 1. The highest BCUT2D eigenvalue weighted by molar-refractivity contribution is 6.34. The van der Waals surface area contributed by atoms with Crippen LogP contribution in [0, 0.1) is 0 Å². The predicted molar refractivity (Wildman–Crippen MR) is 30.4 cm³/mol. The van der Waals surface area contributed by atoms with Crippen LogP contribution in [-0.4, -0.2) is 29.8 Å². The number of carbonyl (C=O) groups is 2. The lowest BCUT2D eigenvalue weighted by Crippen LogP contribution is -2.47. The van der Waals surface area contributed by atoms with E-state index in [-0.39, 0.29) is 0 Å². The molecule has 0 aromatic rings. The van der Waals surface area contributed by atoms with Crippen molar-refractivity contribution in [1.29, 1.82) is 0 Å². The Morgan fingerprint density at radius 3 is 2.00 bits per heavy atom. The zero-order chi connectivity index (χ0) is 6.85. The van der Waals surface area contributed by atoms with Gasteiger partial charge in [0.1, 0.15) is 0 Å². The van der Waals surface area contributed by atoms with Crippen LogP contribution in [0.3, 0.4) is 0 Å². The molecule has 1 aliphatic heterocycles. The Balaban J connectivity index is 2.42. The van der Waals surface area contributed by atoms with E-state index in [1.807, 2.05) is 0 Å². The summed E-state index contributed by atoms with van der Waals surface area (Å²) in [5.41, 5.74) is 4.72. The predicted octanol–water partition coefficient (Wildman–Crippen LogP) is -1.30. The highest BCUT2D eigenvalue weighted by Crippen LogP contribution is 2.04. The molecular formula is C5H8N2O2. The van der Waals surface area contributed by atoms with Gasteiger partial charge >= 0.3 is 11.8 Å². The van der Waals surface area contributed by atoms with E-state index in [1.165, 1.54) is 4.90 Å². The molecule has 0 aromatic carbocycles. The van der Waals surface area contributed by atoms with Crippen LogP contribution in [0.5, 0.6) is 0 Å². The third kappa shape index (κ3) is 1.01. The van der Waals surface area contributed by atoms with Crippen molar-refractivity contribution in [2.24, 2.45) is 5.73 Å². The van der Waals surface area contributed by atoms with Crippen LogP contribution < -0.4 is 5.73 Å². The third-order valence-electron chi connectivity index (χ3n) is 1.35. The van der Waals surface area contributed by atoms with Crippen LogP contribution in [-0.2, 0) is 9.59 Å². The zero-order valence-corrected chi connectivity index (χ0v) is 4.96. The molecule has 1 heterocycles. The van der Waals surface area contributed by atoms with Gasteiger partial charge in [-0.2, -0.15) is 0 Å². The quantitative estimate of drug-likeness (QED) is 0.412. The topological polar surface area (TPSA) is 63.4 Å². The largest absolute Gasteiger partial charge is 0.361 e. The Kier molecular flexibility index (Phi) is 1.38. The first-order chi connectivity index (χ1) is 4.22. The second-order valence-electron chi connectivity index (χ2n) is 2.01. The summed E-state index contributed by atoms with van der Waals surface area (Å²) in [4.78, 5) is 22.2. The van der Waals surface area contributed by atoms with Gasteiger partial charge < -0.3 is 10.6 Å². The number of carbonyl (C=O) groups excluding carboxylic acids is 2. The number of hydrogen-bond acceptors (Lipinski definition) is 2. The summed E-state index contributed by atoms with van der Waals surface area (Å²) >= 11 is 0. The van der Waals surface area contributed by atoms with Gasteiger partial charge in [0.2, 0.25) is 0 Å². The average molecular weight is 128 g/mol. The highest BCUT2D eigenvalue weighted by Gasteiger charge is 2.23. The summed E-state index contributed by atoms with van der Waals surface area (Å²) in [5, 5.41) is 0. The number of rotatable bonds is 0. The fraction of sp³-hybridized carbons (Fsp3) is 0.600. The SMILES string of the molecule is NC(=O)C(=O)N1CCC1. The van der Waals surface area contributed by atoms with Crippen molar-refractivity contribution in [3.05, 3.63) is 0 Å². The number of likely N-dealkylation sites (tertiary alicyclic amines) is 1. The van der Waals surface area contributed by atoms with E-state index in [0.29, 0.717) is 13.1 Å². The van der Waals surface area contributed by atoms with E-state index in [2.05, 4.69) is 0 Å². The highest BCUT2D eigenvalue weighted by atomic mass is 16.2. The van der Waals surface area contributed by atoms with E-state index in [9.17, 15) is 9.59 Å². The monoisotopic (exact) mass is 128 g/mol. The molecule has 1 rings (SSSR count). The lowest BCUT2D eigenvalue weighted by molar-refractivity contribution is -0.146. The summed E-state index contributed by atoms with van der Waals surface area (Å²) in [7, 11) is 0. The summed E-state index contributed by atoms with van der Waals surface area (Å²) in [5.74, 6) is -1.41. The Morgan fingerprint density at radius 1 is 1.33 bits per heavy atom. The lowest BCUT2D eigenvalue weighted by atomic mass is 10.2. The van der Waals surface area contributed by atoms with Gasteiger partial charge in [0.15, 0.2) is 0 Å². The van der Waals surface area contributed by atoms with Crippen molar-refractivity contribution in [3.63, 3.8) is 0 Å². The average Bonchev–Trinajstić information content (AvgIpc) is 1.60. The zero-order valence-electron chi connectivity index (χ0n) is 4.96. The third-order valence-corrected chi connectivity index (χ3v) is 1.35. The molecule has 2 N–H and O–H groups in total. The first-order valence-electron chi connectivity index (χ1n) is 2.80. The molecular weight excluding hydrogens is 120 g/mol. The molecule has 4 heteroatoms. The standard InChI is InChI=1S/C5H8N2O2/c6-4(8)5(9)7-2-1-3-7/h1-3H2,(H2,6,8). The Bertz CT molecular complexity index is 151. The molecule has 1 saturated heterocycles. The first kappa shape index (κ1) is 6.07. The van der Waals surface area contributed by atoms with E-state index < -0.39 is 11.8 Å². The summed E-state index contributed by atoms with van der Waals surface area (Å²) in [6.45, 7) is 1.36. The van der Waals surface area contributed by atoms with Gasteiger partial charge in [0.05, 0.1) is 0 Å². The van der Waals surface area contributed by atoms with Crippen LogP contribution in [0.15, 0.2) is 0 Å². The number of amides is 2. The smallest absolute Gasteiger partial charge is 0.311 e. The van der Waals surface area contributed by atoms with E-state index >= 15 is 0 Å². The second-order valence-corrected chi connectivity index (χ2v) is 2.01. The number of nitrogens with two attached hydrogens (primary N) is 1. The maximum absolute atomic E-state index is 10.6. The molecule has 0 unspecified atom stereocenters. The Hall–Kier alpha value is -1.06. The van der Waals surface area contributed by atoms with Gasteiger partial charge in [-0.3, -0.25) is 9.59 Å². The minimum Gasteiger partial charge on any atom is -0.361 e. The van der Waals surface area contributed by atoms with E-state index in [0.717, 1.165) is 6.42 Å². The maximum atomic E-state index is 10.6. The molecule has 0 aromatic heterocycles. The molecule has 1 fully saturated rings. The second kappa shape index (κ2) is 2.05. The molecule has 9 heavy (non-hydrogen) atoms. The van der Waals surface area contributed by atoms with E-state index in [4.69, 9.17) is 5.73 Å². The van der Waals surface area contributed by atoms with Crippen molar-refractivity contribution in [3.8, 4) is 0 Å². The fourth-order valence-electron chi connectivity index (χ4n) is 0.675. The Labute approximate surface area is 52.6 Å². The molecule has 1 aliphatic rings. The van der Waals surface area contributed by atoms with Crippen molar-refractivity contribution < 1.29 is 9.59 Å². The van der Waals surface area contributed by atoms with E-state index in [1.54, 1.807) is 0 Å². The maximum Gasteiger partial charge on any atom is 0.311 e. The number of primary amides is 1. The summed E-state index contributed by atoms with van der Waals surface area (Å²) in [6.07, 6.45) is 0.985.